The highest BCUT2D eigenvalue weighted by Crippen LogP contribution is 2.17. The van der Waals surface area contributed by atoms with Crippen LogP contribution < -0.4 is 0 Å². The Bertz CT molecular complexity index is 1480. The summed E-state index contributed by atoms with van der Waals surface area (Å²) in [5.74, 6) is -0.893. The lowest BCUT2D eigenvalue weighted by Gasteiger charge is -2.18. The highest BCUT2D eigenvalue weighted by atomic mass is 16.6. The molecule has 0 fully saturated rings. The molecule has 6 heteroatoms. The fraction of sp³-hybridized carbons (Fsp3) is 0.764. The van der Waals surface area contributed by atoms with Gasteiger partial charge in [-0.3, -0.25) is 14.4 Å². The van der Waals surface area contributed by atoms with Crippen molar-refractivity contribution < 1.29 is 28.6 Å². The Morgan fingerprint density at radius 3 is 0.782 bits per heavy atom. The van der Waals surface area contributed by atoms with E-state index in [9.17, 15) is 14.4 Å². The molecule has 6 nitrogen and oxygen atoms in total. The lowest BCUT2D eigenvalue weighted by Crippen LogP contribution is -2.30. The zero-order chi connectivity index (χ0) is 56.4. The normalized spacial score (nSPS) is 12.6. The zero-order valence-corrected chi connectivity index (χ0v) is 51.7. The van der Waals surface area contributed by atoms with Crippen molar-refractivity contribution in [3.05, 3.63) is 85.1 Å². The van der Waals surface area contributed by atoms with Gasteiger partial charge in [0.2, 0.25) is 0 Å². The number of carbonyl (C=O) groups is 3. The number of unbranched alkanes of at least 4 members (excludes halogenated alkanes) is 36. The lowest BCUT2D eigenvalue weighted by atomic mass is 10.0. The summed E-state index contributed by atoms with van der Waals surface area (Å²) >= 11 is 0. The Labute approximate surface area is 484 Å². The van der Waals surface area contributed by atoms with E-state index in [4.69, 9.17) is 14.2 Å². The number of allylic oxidation sites excluding steroid dienone is 14. The van der Waals surface area contributed by atoms with Gasteiger partial charge in [0.1, 0.15) is 13.2 Å². The molecule has 0 radical (unpaired) electrons. The molecule has 0 aromatic carbocycles. The van der Waals surface area contributed by atoms with Gasteiger partial charge in [-0.15, -0.1) is 0 Å². The van der Waals surface area contributed by atoms with Gasteiger partial charge in [0.25, 0.3) is 0 Å². The van der Waals surface area contributed by atoms with Crippen LogP contribution in [0.1, 0.15) is 335 Å². The molecule has 0 bridgehead atoms. The molecule has 1 unspecified atom stereocenters. The molecule has 0 aliphatic carbocycles. The maximum absolute atomic E-state index is 12.9. The molecule has 450 valence electrons. The van der Waals surface area contributed by atoms with Gasteiger partial charge in [0.15, 0.2) is 6.10 Å². The Hall–Kier alpha value is -3.41. The van der Waals surface area contributed by atoms with E-state index in [0.717, 1.165) is 109 Å². The largest absolute Gasteiger partial charge is 0.462 e. The van der Waals surface area contributed by atoms with Gasteiger partial charge in [-0.1, -0.05) is 305 Å². The van der Waals surface area contributed by atoms with Crippen LogP contribution in [0, 0.1) is 0 Å². The Morgan fingerprint density at radius 2 is 0.500 bits per heavy atom. The van der Waals surface area contributed by atoms with E-state index in [1.54, 1.807) is 0 Å². The first-order valence-corrected chi connectivity index (χ1v) is 33.6. The molecule has 0 aliphatic heterocycles. The standard InChI is InChI=1S/C72H126O6/c1-4-7-10-13-16-19-22-25-28-31-34-36-39-41-44-47-50-53-56-59-62-65-71(74)77-68-69(67-76-70(73)64-61-58-55-52-49-46-43-40-37-33-30-27-24-21-18-15-12-9-6-3)78-72(75)66-63-60-57-54-51-48-45-42-38-35-32-29-26-23-20-17-14-11-8-5-2/h9,12,18,21-22,25,27,30-31,34,37,39-41,69H,4-8,10-11,13-17,19-20,23-24,26,28-29,32-33,35-36,38,42-68H2,1-3H3/b12-9-,21-18-,25-22-,30-27-,34-31-,40-37-,41-39-. The van der Waals surface area contributed by atoms with E-state index < -0.39 is 6.10 Å². The van der Waals surface area contributed by atoms with Crippen LogP contribution in [0.3, 0.4) is 0 Å². The van der Waals surface area contributed by atoms with Crippen molar-refractivity contribution >= 4 is 17.9 Å². The van der Waals surface area contributed by atoms with Gasteiger partial charge in [-0.05, 0) is 96.3 Å². The first-order chi connectivity index (χ1) is 38.5. The molecule has 0 aliphatic rings. The molecule has 0 heterocycles. The van der Waals surface area contributed by atoms with E-state index >= 15 is 0 Å². The molecule has 0 saturated heterocycles. The Kier molecular flexibility index (Phi) is 63.2. The fourth-order valence-corrected chi connectivity index (χ4v) is 9.62. The van der Waals surface area contributed by atoms with E-state index in [0.29, 0.717) is 19.3 Å². The molecule has 0 rings (SSSR count). The minimum absolute atomic E-state index is 0.0857. The molecule has 0 N–H and O–H groups in total. The number of hydrogen-bond acceptors (Lipinski definition) is 6. The van der Waals surface area contributed by atoms with Crippen LogP contribution in [0.15, 0.2) is 85.1 Å². The average Bonchev–Trinajstić information content (AvgIpc) is 3.44. The number of ether oxygens (including phenoxy) is 3. The third-order valence-electron chi connectivity index (χ3n) is 14.6. The third-order valence-corrected chi connectivity index (χ3v) is 14.6. The summed E-state index contributed by atoms with van der Waals surface area (Å²) < 4.78 is 17.0. The van der Waals surface area contributed by atoms with Crippen LogP contribution in [-0.4, -0.2) is 37.2 Å². The van der Waals surface area contributed by atoms with Crippen LogP contribution in [-0.2, 0) is 28.6 Å². The van der Waals surface area contributed by atoms with Crippen molar-refractivity contribution in [2.75, 3.05) is 13.2 Å². The lowest BCUT2D eigenvalue weighted by molar-refractivity contribution is -0.167. The minimum Gasteiger partial charge on any atom is -0.462 e. The number of rotatable bonds is 61. The van der Waals surface area contributed by atoms with Crippen LogP contribution in [0.4, 0.5) is 0 Å². The van der Waals surface area contributed by atoms with Crippen LogP contribution in [0.5, 0.6) is 0 Å². The third kappa shape index (κ3) is 63.4. The van der Waals surface area contributed by atoms with Gasteiger partial charge in [-0.25, -0.2) is 0 Å². The highest BCUT2D eigenvalue weighted by molar-refractivity contribution is 5.71. The molecule has 0 aromatic heterocycles. The van der Waals surface area contributed by atoms with Gasteiger partial charge in [0.05, 0.1) is 0 Å². The summed E-state index contributed by atoms with van der Waals surface area (Å²) in [5, 5.41) is 0. The molecular weight excluding hydrogens is 961 g/mol. The molecule has 1 atom stereocenters. The topological polar surface area (TPSA) is 78.9 Å². The Balaban J connectivity index is 4.41. The van der Waals surface area contributed by atoms with Crippen molar-refractivity contribution in [2.24, 2.45) is 0 Å². The minimum atomic E-state index is -0.789. The van der Waals surface area contributed by atoms with E-state index in [2.05, 4.69) is 106 Å². The van der Waals surface area contributed by atoms with Crippen molar-refractivity contribution in [3.8, 4) is 0 Å². The van der Waals surface area contributed by atoms with Gasteiger partial charge < -0.3 is 14.2 Å². The first-order valence-electron chi connectivity index (χ1n) is 33.6. The maximum atomic E-state index is 12.9. The van der Waals surface area contributed by atoms with Crippen LogP contribution in [0.25, 0.3) is 0 Å². The zero-order valence-electron chi connectivity index (χ0n) is 51.7. The summed E-state index contributed by atoms with van der Waals surface area (Å²) in [4.78, 5) is 38.4. The summed E-state index contributed by atoms with van der Waals surface area (Å²) in [7, 11) is 0. The summed E-state index contributed by atoms with van der Waals surface area (Å²) in [5.41, 5.74) is 0. The fourth-order valence-electron chi connectivity index (χ4n) is 9.62. The van der Waals surface area contributed by atoms with Crippen molar-refractivity contribution in [1.82, 2.24) is 0 Å². The molecular formula is C72H126O6. The van der Waals surface area contributed by atoms with E-state index in [-0.39, 0.29) is 31.1 Å². The number of hydrogen-bond donors (Lipinski definition) is 0. The SMILES string of the molecule is CC/C=C\C/C=C\C/C=C\C/C=C\CCCCCCCCC(=O)OCC(COC(=O)CCCCCCCC/C=C\C/C=C\C/C=C\CCCCCCC)OC(=O)CCCCCCCCCCCCCCCCCCCCCC. The first kappa shape index (κ1) is 74.6. The van der Waals surface area contributed by atoms with Crippen molar-refractivity contribution in [2.45, 2.75) is 341 Å². The molecule has 0 spiro atoms. The Morgan fingerprint density at radius 1 is 0.269 bits per heavy atom. The maximum Gasteiger partial charge on any atom is 0.306 e. The predicted molar refractivity (Wildman–Crippen MR) is 339 cm³/mol. The van der Waals surface area contributed by atoms with E-state index in [1.807, 2.05) is 0 Å². The van der Waals surface area contributed by atoms with Crippen molar-refractivity contribution in [1.29, 1.82) is 0 Å². The smallest absolute Gasteiger partial charge is 0.306 e. The summed E-state index contributed by atoms with van der Waals surface area (Å²) in [6.07, 6.45) is 87.3. The highest BCUT2D eigenvalue weighted by Gasteiger charge is 2.19. The number of esters is 3. The number of carbonyl (C=O) groups excluding carboxylic acids is 3. The van der Waals surface area contributed by atoms with Crippen LogP contribution >= 0.6 is 0 Å². The van der Waals surface area contributed by atoms with Gasteiger partial charge in [-0.2, -0.15) is 0 Å². The van der Waals surface area contributed by atoms with Gasteiger partial charge in [0, 0.05) is 19.3 Å². The van der Waals surface area contributed by atoms with E-state index in [1.165, 1.54) is 186 Å². The predicted octanol–water partition coefficient (Wildman–Crippen LogP) is 23.1. The van der Waals surface area contributed by atoms with Gasteiger partial charge >= 0.3 is 17.9 Å². The second-order valence-electron chi connectivity index (χ2n) is 22.4. The molecule has 0 aromatic rings. The second-order valence-corrected chi connectivity index (χ2v) is 22.4. The second kappa shape index (κ2) is 66.1. The molecule has 0 amide bonds. The quantitative estimate of drug-likeness (QED) is 0.0261. The van der Waals surface area contributed by atoms with Crippen molar-refractivity contribution in [3.63, 3.8) is 0 Å². The summed E-state index contributed by atoms with van der Waals surface area (Å²) in [6.45, 7) is 6.54. The monoisotopic (exact) mass is 1090 g/mol. The average molecular weight is 1090 g/mol. The van der Waals surface area contributed by atoms with Crippen LogP contribution in [0.2, 0.25) is 0 Å². The molecule has 78 heavy (non-hydrogen) atoms. The summed E-state index contributed by atoms with van der Waals surface area (Å²) in [6, 6.07) is 0. The molecule has 0 saturated carbocycles.